The summed E-state index contributed by atoms with van der Waals surface area (Å²) in [5.74, 6) is 1.54. The Bertz CT molecular complexity index is 1020. The van der Waals surface area contributed by atoms with Crippen LogP contribution >= 0.6 is 0 Å². The first-order chi connectivity index (χ1) is 14.7. The topological polar surface area (TPSA) is 38.8 Å². The van der Waals surface area contributed by atoms with E-state index in [1.165, 1.54) is 5.56 Å². The van der Waals surface area contributed by atoms with Gasteiger partial charge in [-0.05, 0) is 55.2 Å². The molecule has 0 spiro atoms. The van der Waals surface area contributed by atoms with Crippen molar-refractivity contribution in [3.63, 3.8) is 0 Å². The lowest BCUT2D eigenvalue weighted by Gasteiger charge is -2.29. The third-order valence-electron chi connectivity index (χ3n) is 5.45. The average molecular weight is 402 g/mol. The van der Waals surface area contributed by atoms with Crippen LogP contribution in [0.2, 0.25) is 0 Å². The van der Waals surface area contributed by atoms with E-state index in [4.69, 9.17) is 9.47 Å². The summed E-state index contributed by atoms with van der Waals surface area (Å²) in [6.45, 7) is 5.67. The zero-order chi connectivity index (χ0) is 20.9. The number of amides is 1. The number of ether oxygens (including phenoxy) is 2. The van der Waals surface area contributed by atoms with Gasteiger partial charge in [0.05, 0.1) is 19.3 Å². The summed E-state index contributed by atoms with van der Waals surface area (Å²) >= 11 is 0. The second kappa shape index (κ2) is 9.04. The van der Waals surface area contributed by atoms with Crippen molar-refractivity contribution >= 4 is 5.91 Å². The van der Waals surface area contributed by atoms with Crippen LogP contribution in [0, 0.1) is 0 Å². The van der Waals surface area contributed by atoms with Gasteiger partial charge in [0.1, 0.15) is 0 Å². The van der Waals surface area contributed by atoms with Crippen LogP contribution in [-0.4, -0.2) is 24.0 Å². The number of carbonyl (C=O) groups excluding carboxylic acids is 1. The van der Waals surface area contributed by atoms with Gasteiger partial charge < -0.3 is 14.4 Å². The monoisotopic (exact) mass is 401 g/mol. The van der Waals surface area contributed by atoms with Gasteiger partial charge in [0.15, 0.2) is 11.5 Å². The molecule has 0 unspecified atom stereocenters. The number of rotatable bonds is 8. The van der Waals surface area contributed by atoms with Crippen LogP contribution in [0.3, 0.4) is 0 Å². The zero-order valence-electron chi connectivity index (χ0n) is 17.5. The Balaban J connectivity index is 1.73. The molecule has 1 atom stereocenters. The van der Waals surface area contributed by atoms with Crippen LogP contribution in [0.15, 0.2) is 72.8 Å². The molecule has 4 rings (SSSR count). The van der Waals surface area contributed by atoms with Crippen LogP contribution in [0.1, 0.15) is 46.9 Å². The van der Waals surface area contributed by atoms with Gasteiger partial charge in [-0.15, -0.1) is 0 Å². The molecule has 1 heterocycles. The predicted molar refractivity (Wildman–Crippen MR) is 118 cm³/mol. The number of carbonyl (C=O) groups is 1. The SMILES string of the molecule is CCOc1ccc([C@@H](Cc2ccccc2)N2Cc3ccccc3C2=O)cc1OCC. The lowest BCUT2D eigenvalue weighted by Crippen LogP contribution is -2.30. The molecule has 3 aromatic carbocycles. The minimum absolute atomic E-state index is 0.0818. The number of benzene rings is 3. The van der Waals surface area contributed by atoms with Crippen molar-refractivity contribution in [2.45, 2.75) is 32.9 Å². The van der Waals surface area contributed by atoms with Crippen LogP contribution < -0.4 is 9.47 Å². The summed E-state index contributed by atoms with van der Waals surface area (Å²) in [6, 6.07) is 24.1. The van der Waals surface area contributed by atoms with Gasteiger partial charge in [0, 0.05) is 12.1 Å². The van der Waals surface area contributed by atoms with Gasteiger partial charge in [-0.3, -0.25) is 4.79 Å². The summed E-state index contributed by atoms with van der Waals surface area (Å²) in [4.78, 5) is 15.2. The Kier molecular flexibility index (Phi) is 6.03. The first kappa shape index (κ1) is 20.0. The Morgan fingerprint density at radius 2 is 1.57 bits per heavy atom. The maximum absolute atomic E-state index is 13.3. The first-order valence-electron chi connectivity index (χ1n) is 10.5. The van der Waals surface area contributed by atoms with E-state index in [2.05, 4.69) is 18.2 Å². The molecule has 0 saturated carbocycles. The maximum atomic E-state index is 13.3. The maximum Gasteiger partial charge on any atom is 0.255 e. The van der Waals surface area contributed by atoms with Gasteiger partial charge in [-0.1, -0.05) is 54.6 Å². The van der Waals surface area contributed by atoms with Crippen molar-refractivity contribution in [3.8, 4) is 11.5 Å². The Morgan fingerprint density at radius 1 is 0.867 bits per heavy atom. The lowest BCUT2D eigenvalue weighted by atomic mass is 9.97. The van der Waals surface area contributed by atoms with E-state index in [-0.39, 0.29) is 11.9 Å². The molecule has 0 N–H and O–H groups in total. The van der Waals surface area contributed by atoms with Crippen molar-refractivity contribution in [2.24, 2.45) is 0 Å². The fourth-order valence-corrected chi connectivity index (χ4v) is 4.05. The van der Waals surface area contributed by atoms with Crippen molar-refractivity contribution in [3.05, 3.63) is 95.1 Å². The largest absolute Gasteiger partial charge is 0.490 e. The van der Waals surface area contributed by atoms with E-state index in [9.17, 15) is 4.79 Å². The average Bonchev–Trinajstić information content (AvgIpc) is 3.11. The highest BCUT2D eigenvalue weighted by molar-refractivity contribution is 5.98. The van der Waals surface area contributed by atoms with Crippen LogP contribution in [0.25, 0.3) is 0 Å². The molecule has 0 aliphatic carbocycles. The predicted octanol–water partition coefficient (Wildman–Crippen LogP) is 5.42. The molecule has 3 aromatic rings. The van der Waals surface area contributed by atoms with Crippen molar-refractivity contribution in [2.75, 3.05) is 13.2 Å². The molecule has 1 aliphatic heterocycles. The Hall–Kier alpha value is -3.27. The minimum Gasteiger partial charge on any atom is -0.490 e. The summed E-state index contributed by atoms with van der Waals surface area (Å²) in [7, 11) is 0. The molecule has 1 aliphatic rings. The molecule has 4 heteroatoms. The quantitative estimate of drug-likeness (QED) is 0.506. The van der Waals surface area contributed by atoms with E-state index < -0.39 is 0 Å². The highest BCUT2D eigenvalue weighted by Crippen LogP contribution is 2.37. The number of nitrogens with zero attached hydrogens (tertiary/aromatic N) is 1. The van der Waals surface area contributed by atoms with Crippen molar-refractivity contribution in [1.29, 1.82) is 0 Å². The highest BCUT2D eigenvalue weighted by Gasteiger charge is 2.33. The fourth-order valence-electron chi connectivity index (χ4n) is 4.05. The summed E-state index contributed by atoms with van der Waals surface area (Å²) in [5, 5.41) is 0. The molecule has 154 valence electrons. The summed E-state index contributed by atoms with van der Waals surface area (Å²) < 4.78 is 11.6. The standard InChI is InChI=1S/C26H27NO3/c1-3-29-24-15-14-20(17-25(24)30-4-2)23(16-19-10-6-5-7-11-19)27-18-21-12-8-9-13-22(21)26(27)28/h5-15,17,23H,3-4,16,18H2,1-2H3/t23-/m1/s1. The third-order valence-corrected chi connectivity index (χ3v) is 5.45. The minimum atomic E-state index is -0.0952. The van der Waals surface area contributed by atoms with Gasteiger partial charge >= 0.3 is 0 Å². The van der Waals surface area contributed by atoms with Gasteiger partial charge in [-0.25, -0.2) is 0 Å². The van der Waals surface area contributed by atoms with Gasteiger partial charge in [0.25, 0.3) is 5.91 Å². The molecule has 4 nitrogen and oxygen atoms in total. The van der Waals surface area contributed by atoms with Crippen LogP contribution in [0.4, 0.5) is 0 Å². The Labute approximate surface area is 178 Å². The lowest BCUT2D eigenvalue weighted by molar-refractivity contribution is 0.0699. The molecule has 30 heavy (non-hydrogen) atoms. The number of fused-ring (bicyclic) bond motifs is 1. The molecule has 0 fully saturated rings. The first-order valence-corrected chi connectivity index (χ1v) is 10.5. The Morgan fingerprint density at radius 3 is 2.30 bits per heavy atom. The van der Waals surface area contributed by atoms with E-state index >= 15 is 0 Å². The highest BCUT2D eigenvalue weighted by atomic mass is 16.5. The molecule has 1 amide bonds. The molecule has 0 saturated heterocycles. The summed E-state index contributed by atoms with van der Waals surface area (Å²) in [5.41, 5.74) is 4.12. The van der Waals surface area contributed by atoms with E-state index in [1.807, 2.05) is 73.3 Å². The second-order valence-corrected chi connectivity index (χ2v) is 7.37. The van der Waals surface area contributed by atoms with Gasteiger partial charge in [-0.2, -0.15) is 0 Å². The van der Waals surface area contributed by atoms with Crippen molar-refractivity contribution < 1.29 is 14.3 Å². The molecule has 0 bridgehead atoms. The zero-order valence-corrected chi connectivity index (χ0v) is 17.5. The van der Waals surface area contributed by atoms with E-state index in [0.717, 1.165) is 34.6 Å². The molecule has 0 radical (unpaired) electrons. The van der Waals surface area contributed by atoms with Gasteiger partial charge in [0.2, 0.25) is 0 Å². The molecular weight excluding hydrogens is 374 g/mol. The second-order valence-electron chi connectivity index (χ2n) is 7.37. The van der Waals surface area contributed by atoms with Crippen LogP contribution in [-0.2, 0) is 13.0 Å². The van der Waals surface area contributed by atoms with Crippen molar-refractivity contribution in [1.82, 2.24) is 4.90 Å². The fraction of sp³-hybridized carbons (Fsp3) is 0.269. The molecule has 0 aromatic heterocycles. The number of hydrogen-bond acceptors (Lipinski definition) is 3. The number of hydrogen-bond donors (Lipinski definition) is 0. The van der Waals surface area contributed by atoms with E-state index in [0.29, 0.717) is 19.8 Å². The normalized spacial score (nSPS) is 13.8. The van der Waals surface area contributed by atoms with Crippen LogP contribution in [0.5, 0.6) is 11.5 Å². The third kappa shape index (κ3) is 4.04. The molecular formula is C26H27NO3. The smallest absolute Gasteiger partial charge is 0.255 e. The summed E-state index contributed by atoms with van der Waals surface area (Å²) in [6.07, 6.45) is 0.736. The van der Waals surface area contributed by atoms with E-state index in [1.54, 1.807) is 0 Å².